The molecule has 0 spiro atoms. The number of esters is 1. The number of rotatable bonds is 1. The number of nitrogen functional groups attached to an aromatic ring is 1. The molecule has 0 saturated carbocycles. The van der Waals surface area contributed by atoms with Gasteiger partial charge in [-0.25, -0.2) is 14.8 Å². The average Bonchev–Trinajstić information content (AvgIpc) is 2.20. The second kappa shape index (κ2) is 5.17. The summed E-state index contributed by atoms with van der Waals surface area (Å²) in [6.07, 6.45) is 1.33. The van der Waals surface area contributed by atoms with Gasteiger partial charge in [0.1, 0.15) is 5.69 Å². The van der Waals surface area contributed by atoms with Crippen LogP contribution in [-0.4, -0.2) is 22.5 Å². The predicted molar refractivity (Wildman–Crippen MR) is 55.0 cm³/mol. The van der Waals surface area contributed by atoms with Crippen LogP contribution in [0.2, 0.25) is 5.15 Å². The van der Waals surface area contributed by atoms with Crippen molar-refractivity contribution in [2.75, 3.05) is 12.3 Å². The van der Waals surface area contributed by atoms with Gasteiger partial charge in [-0.3, -0.25) is 0 Å². The minimum atomic E-state index is -0.618. The number of halogens is 1. The third-order valence-electron chi connectivity index (χ3n) is 1.32. The smallest absolute Gasteiger partial charge is 0.384 e. The molecule has 0 saturated heterocycles. The van der Waals surface area contributed by atoms with E-state index in [1.54, 1.807) is 6.92 Å². The molecule has 78 valence electrons. The SMILES string of the molecule is CCOC(=O)C#Cc1cnc(N)c(Cl)n1. The van der Waals surface area contributed by atoms with E-state index in [1.165, 1.54) is 6.20 Å². The van der Waals surface area contributed by atoms with Crippen LogP contribution in [0.25, 0.3) is 0 Å². The largest absolute Gasteiger partial charge is 0.456 e. The maximum atomic E-state index is 10.9. The Morgan fingerprint density at radius 3 is 3.07 bits per heavy atom. The molecule has 0 bridgehead atoms. The number of ether oxygens (including phenoxy) is 1. The molecule has 0 amide bonds. The van der Waals surface area contributed by atoms with Crippen LogP contribution in [0, 0.1) is 11.8 Å². The van der Waals surface area contributed by atoms with Crippen LogP contribution in [0.5, 0.6) is 0 Å². The molecule has 0 aliphatic heterocycles. The van der Waals surface area contributed by atoms with Gasteiger partial charge in [-0.05, 0) is 12.8 Å². The Labute approximate surface area is 91.6 Å². The lowest BCUT2D eigenvalue weighted by Gasteiger charge is -1.95. The Bertz CT molecular complexity index is 437. The van der Waals surface area contributed by atoms with E-state index in [4.69, 9.17) is 17.3 Å². The molecule has 0 radical (unpaired) electrons. The molecule has 0 aliphatic rings. The molecule has 1 rings (SSSR count). The van der Waals surface area contributed by atoms with Crippen LogP contribution in [0.15, 0.2) is 6.20 Å². The van der Waals surface area contributed by atoms with E-state index < -0.39 is 5.97 Å². The van der Waals surface area contributed by atoms with E-state index in [-0.39, 0.29) is 23.3 Å². The van der Waals surface area contributed by atoms with Crippen molar-refractivity contribution in [1.29, 1.82) is 0 Å². The Hall–Kier alpha value is -1.80. The highest BCUT2D eigenvalue weighted by Crippen LogP contribution is 2.11. The van der Waals surface area contributed by atoms with Gasteiger partial charge in [0.2, 0.25) is 0 Å². The molecule has 2 N–H and O–H groups in total. The number of anilines is 1. The number of carbonyl (C=O) groups is 1. The molecular formula is C9H8ClN3O2. The van der Waals surface area contributed by atoms with E-state index in [1.807, 2.05) is 0 Å². The highest BCUT2D eigenvalue weighted by molar-refractivity contribution is 6.31. The number of hydrogen-bond donors (Lipinski definition) is 1. The van der Waals surface area contributed by atoms with Gasteiger partial charge in [0.15, 0.2) is 11.0 Å². The number of carbonyl (C=O) groups excluding carboxylic acids is 1. The van der Waals surface area contributed by atoms with Crippen molar-refractivity contribution < 1.29 is 9.53 Å². The standard InChI is InChI=1S/C9H8ClN3O2/c1-2-15-7(14)4-3-6-5-12-9(11)8(10)13-6/h5H,2H2,1H3,(H2,11,12). The summed E-state index contributed by atoms with van der Waals surface area (Å²) in [6.45, 7) is 1.97. The summed E-state index contributed by atoms with van der Waals surface area (Å²) in [4.78, 5) is 18.4. The molecule has 0 fully saturated rings. The summed E-state index contributed by atoms with van der Waals surface area (Å²) in [5, 5.41) is 0.0608. The van der Waals surface area contributed by atoms with Gasteiger partial charge in [0.05, 0.1) is 12.8 Å². The fourth-order valence-corrected chi connectivity index (χ4v) is 0.858. The van der Waals surface area contributed by atoms with Crippen LogP contribution in [0.4, 0.5) is 5.82 Å². The van der Waals surface area contributed by atoms with E-state index in [9.17, 15) is 4.79 Å². The zero-order valence-corrected chi connectivity index (χ0v) is 8.71. The van der Waals surface area contributed by atoms with Crippen molar-refractivity contribution in [2.24, 2.45) is 0 Å². The fraction of sp³-hybridized carbons (Fsp3) is 0.222. The first kappa shape index (κ1) is 11.3. The van der Waals surface area contributed by atoms with E-state index in [2.05, 4.69) is 26.5 Å². The lowest BCUT2D eigenvalue weighted by molar-refractivity contribution is -0.136. The van der Waals surface area contributed by atoms with Gasteiger partial charge >= 0.3 is 5.97 Å². The van der Waals surface area contributed by atoms with Gasteiger partial charge in [-0.2, -0.15) is 0 Å². The first-order chi connectivity index (χ1) is 7.13. The third-order valence-corrected chi connectivity index (χ3v) is 1.60. The van der Waals surface area contributed by atoms with E-state index >= 15 is 0 Å². The second-order valence-corrected chi connectivity index (χ2v) is 2.76. The monoisotopic (exact) mass is 225 g/mol. The van der Waals surface area contributed by atoms with Gasteiger partial charge < -0.3 is 10.5 Å². The normalized spacial score (nSPS) is 8.93. The molecule has 1 aromatic rings. The molecule has 0 atom stereocenters. The van der Waals surface area contributed by atoms with Crippen LogP contribution < -0.4 is 5.73 Å². The lowest BCUT2D eigenvalue weighted by Crippen LogP contribution is -2.00. The van der Waals surface area contributed by atoms with Crippen LogP contribution >= 0.6 is 11.6 Å². The van der Waals surface area contributed by atoms with Gasteiger partial charge in [-0.15, -0.1) is 0 Å². The van der Waals surface area contributed by atoms with Crippen molar-refractivity contribution in [3.63, 3.8) is 0 Å². The second-order valence-electron chi connectivity index (χ2n) is 2.40. The van der Waals surface area contributed by atoms with Crippen LogP contribution in [0.3, 0.4) is 0 Å². The molecule has 1 aromatic heterocycles. The van der Waals surface area contributed by atoms with Crippen molar-refractivity contribution in [3.8, 4) is 11.8 Å². The summed E-state index contributed by atoms with van der Waals surface area (Å²) >= 11 is 5.61. The van der Waals surface area contributed by atoms with Crippen LogP contribution in [0.1, 0.15) is 12.6 Å². The quantitative estimate of drug-likeness (QED) is 0.560. The van der Waals surface area contributed by atoms with Crippen LogP contribution in [-0.2, 0) is 9.53 Å². The van der Waals surface area contributed by atoms with Gasteiger partial charge in [0.25, 0.3) is 0 Å². The minimum Gasteiger partial charge on any atom is -0.456 e. The first-order valence-electron chi connectivity index (χ1n) is 4.10. The van der Waals surface area contributed by atoms with Gasteiger partial charge in [-0.1, -0.05) is 11.6 Å². The molecule has 1 heterocycles. The van der Waals surface area contributed by atoms with Gasteiger partial charge in [0, 0.05) is 5.92 Å². The number of nitrogens with two attached hydrogens (primary N) is 1. The molecule has 5 nitrogen and oxygen atoms in total. The van der Waals surface area contributed by atoms with Crippen molar-refractivity contribution in [1.82, 2.24) is 9.97 Å². The lowest BCUT2D eigenvalue weighted by atomic mass is 10.4. The number of aromatic nitrogens is 2. The number of hydrogen-bond acceptors (Lipinski definition) is 5. The van der Waals surface area contributed by atoms with Crippen molar-refractivity contribution in [2.45, 2.75) is 6.92 Å². The highest BCUT2D eigenvalue weighted by atomic mass is 35.5. The molecule has 0 aliphatic carbocycles. The molecule has 0 unspecified atom stereocenters. The zero-order chi connectivity index (χ0) is 11.3. The predicted octanol–water partition coefficient (Wildman–Crippen LogP) is 0.627. The minimum absolute atomic E-state index is 0.0608. The molecule has 6 heteroatoms. The maximum absolute atomic E-state index is 10.9. The maximum Gasteiger partial charge on any atom is 0.384 e. The molecule has 15 heavy (non-hydrogen) atoms. The summed E-state index contributed by atoms with van der Waals surface area (Å²) in [5.41, 5.74) is 5.61. The van der Waals surface area contributed by atoms with Crippen molar-refractivity contribution >= 4 is 23.4 Å². The van der Waals surface area contributed by atoms with E-state index in [0.29, 0.717) is 0 Å². The summed E-state index contributed by atoms with van der Waals surface area (Å²) in [5.74, 6) is 4.20. The first-order valence-corrected chi connectivity index (χ1v) is 4.48. The zero-order valence-electron chi connectivity index (χ0n) is 7.95. The molecular weight excluding hydrogens is 218 g/mol. The Kier molecular flexibility index (Phi) is 3.89. The fourth-order valence-electron chi connectivity index (χ4n) is 0.718. The topological polar surface area (TPSA) is 78.1 Å². The Morgan fingerprint density at radius 2 is 2.47 bits per heavy atom. The van der Waals surface area contributed by atoms with Crippen molar-refractivity contribution in [3.05, 3.63) is 17.0 Å². The Balaban J connectivity index is 2.80. The van der Waals surface area contributed by atoms with E-state index in [0.717, 1.165) is 0 Å². The summed E-state index contributed by atoms with van der Waals surface area (Å²) in [6, 6.07) is 0. The summed E-state index contributed by atoms with van der Waals surface area (Å²) in [7, 11) is 0. The number of nitrogens with zero attached hydrogens (tertiary/aromatic N) is 2. The Morgan fingerprint density at radius 1 is 1.73 bits per heavy atom. The summed E-state index contributed by atoms with van der Waals surface area (Å²) < 4.78 is 4.60. The highest BCUT2D eigenvalue weighted by Gasteiger charge is 1.99. The third kappa shape index (κ3) is 3.44. The molecule has 0 aromatic carbocycles. The average molecular weight is 226 g/mol.